The molecule has 0 bridgehead atoms. The van der Waals surface area contributed by atoms with Gasteiger partial charge in [0.25, 0.3) is 0 Å². The van der Waals surface area contributed by atoms with Crippen LogP contribution in [-0.2, 0) is 40.5 Å². The van der Waals surface area contributed by atoms with E-state index in [-0.39, 0.29) is 35.0 Å². The van der Waals surface area contributed by atoms with Crippen LogP contribution in [0.25, 0.3) is 0 Å². The maximum Gasteiger partial charge on any atom is 0.500 e. The van der Waals surface area contributed by atoms with Gasteiger partial charge in [-0.1, -0.05) is 13.8 Å². The highest BCUT2D eigenvalue weighted by molar-refractivity contribution is 7.47. The van der Waals surface area contributed by atoms with E-state index in [1.165, 1.54) is 9.76 Å². The van der Waals surface area contributed by atoms with Crippen molar-refractivity contribution in [3.05, 3.63) is 0 Å². The average Bonchev–Trinajstić information content (AvgIpc) is 2.80. The third kappa shape index (κ3) is 31.1. The van der Waals surface area contributed by atoms with E-state index in [9.17, 15) is 9.13 Å². The summed E-state index contributed by atoms with van der Waals surface area (Å²) >= 11 is 0. The molecule has 36 heavy (non-hydrogen) atoms. The highest BCUT2D eigenvalue weighted by Gasteiger charge is 2.37. The van der Waals surface area contributed by atoms with E-state index in [2.05, 4.69) is 25.0 Å². The second kappa shape index (κ2) is 28.9. The van der Waals surface area contributed by atoms with E-state index in [0.717, 1.165) is 12.1 Å². The monoisotopic (exact) mass is 636 g/mol. The van der Waals surface area contributed by atoms with Crippen molar-refractivity contribution in [2.75, 3.05) is 46.2 Å². The summed E-state index contributed by atoms with van der Waals surface area (Å²) < 4.78 is 55.1. The molecular weight excluding hydrogens is 582 g/mol. The molecular formula is C18H54O12P2Si4. The fourth-order valence-corrected chi connectivity index (χ4v) is 13.2. The molecule has 0 aromatic heterocycles. The van der Waals surface area contributed by atoms with Crippen molar-refractivity contribution in [3.8, 4) is 0 Å². The van der Waals surface area contributed by atoms with E-state index in [0.29, 0.717) is 19.8 Å². The lowest BCUT2D eigenvalue weighted by atomic mass is 10.9. The predicted molar refractivity (Wildman–Crippen MR) is 156 cm³/mol. The Hall–Kier alpha value is 0.928. The Balaban J connectivity index is -0.000000195. The van der Waals surface area contributed by atoms with Gasteiger partial charge < -0.3 is 27.9 Å². The van der Waals surface area contributed by atoms with Crippen LogP contribution < -0.4 is 0 Å². The number of hydrogen-bond acceptors (Lipinski definition) is 10. The van der Waals surface area contributed by atoms with Gasteiger partial charge in [-0.25, -0.2) is 9.13 Å². The molecule has 0 spiro atoms. The Morgan fingerprint density at radius 3 is 1.06 bits per heavy atom. The van der Waals surface area contributed by atoms with Crippen LogP contribution in [0.3, 0.4) is 0 Å². The molecule has 0 heterocycles. The first-order valence-corrected chi connectivity index (χ1v) is 27.8. The van der Waals surface area contributed by atoms with Crippen LogP contribution in [0.2, 0.25) is 12.1 Å². The molecule has 0 rings (SSSR count). The fraction of sp³-hybridized carbons (Fsp3) is 1.00. The molecule has 0 aromatic rings. The molecule has 0 aliphatic heterocycles. The summed E-state index contributed by atoms with van der Waals surface area (Å²) in [5.74, 6) is 0. The van der Waals surface area contributed by atoms with Crippen LogP contribution in [-0.4, -0.2) is 96.5 Å². The summed E-state index contributed by atoms with van der Waals surface area (Å²) in [5, 5.41) is 0. The van der Waals surface area contributed by atoms with Gasteiger partial charge >= 0.3 is 24.4 Å². The maximum atomic E-state index is 10.5. The fourth-order valence-electron chi connectivity index (χ4n) is 2.11. The topological polar surface area (TPSA) is 159 Å². The molecule has 3 N–H and O–H groups in total. The highest BCUT2D eigenvalue weighted by Crippen LogP contribution is 2.43. The van der Waals surface area contributed by atoms with Gasteiger partial charge in [0.05, 0.1) is 26.4 Å². The Morgan fingerprint density at radius 2 is 0.944 bits per heavy atom. The van der Waals surface area contributed by atoms with Crippen molar-refractivity contribution in [2.24, 2.45) is 0 Å². The number of hydrogen-bond donors (Lipinski definition) is 3. The lowest BCUT2D eigenvalue weighted by molar-refractivity contribution is 0.0725. The van der Waals surface area contributed by atoms with Crippen LogP contribution in [0.5, 0.6) is 0 Å². The van der Waals surface area contributed by atoms with Gasteiger partial charge in [-0.05, 0) is 64.3 Å². The number of phosphoric ester groups is 2. The Labute approximate surface area is 226 Å². The maximum absolute atomic E-state index is 10.5. The molecule has 0 aliphatic rings. The van der Waals surface area contributed by atoms with E-state index in [4.69, 9.17) is 27.9 Å². The molecule has 0 aliphatic carbocycles. The van der Waals surface area contributed by atoms with Crippen LogP contribution in [0, 0.1) is 0 Å². The second-order valence-corrected chi connectivity index (χ2v) is 27.8. The Morgan fingerprint density at radius 1 is 0.667 bits per heavy atom. The van der Waals surface area contributed by atoms with Crippen molar-refractivity contribution < 1.29 is 55.1 Å². The van der Waals surface area contributed by atoms with Crippen molar-refractivity contribution in [1.82, 2.24) is 0 Å². The molecule has 1 unspecified atom stereocenters. The summed E-state index contributed by atoms with van der Waals surface area (Å²) in [6, 6.07) is 1.97. The molecule has 0 saturated heterocycles. The van der Waals surface area contributed by atoms with Gasteiger partial charge in [0.2, 0.25) is 0 Å². The molecule has 0 fully saturated rings. The van der Waals surface area contributed by atoms with Crippen molar-refractivity contribution in [1.29, 1.82) is 0 Å². The van der Waals surface area contributed by atoms with Crippen LogP contribution >= 0.6 is 15.6 Å². The van der Waals surface area contributed by atoms with Crippen molar-refractivity contribution in [3.63, 3.8) is 0 Å². The summed E-state index contributed by atoms with van der Waals surface area (Å²) in [6.45, 7) is 19.3. The molecule has 224 valence electrons. The van der Waals surface area contributed by atoms with E-state index >= 15 is 0 Å². The van der Waals surface area contributed by atoms with Crippen molar-refractivity contribution >= 4 is 51.3 Å². The van der Waals surface area contributed by atoms with Gasteiger partial charge in [-0.2, -0.15) is 0 Å². The second-order valence-electron chi connectivity index (χ2n) is 6.41. The predicted octanol–water partition coefficient (Wildman–Crippen LogP) is 2.04. The lowest BCUT2D eigenvalue weighted by Crippen LogP contribution is -2.45. The molecule has 0 amide bonds. The van der Waals surface area contributed by atoms with Gasteiger partial charge in [0.1, 0.15) is 8.56 Å². The third-order valence-electron chi connectivity index (χ3n) is 3.64. The molecule has 1 atom stereocenters. The number of rotatable bonds is 17. The molecule has 0 saturated carbocycles. The first-order chi connectivity index (χ1) is 16.8. The van der Waals surface area contributed by atoms with Gasteiger partial charge in [0.15, 0.2) is 0 Å². The Bertz CT molecular complexity index is 483. The van der Waals surface area contributed by atoms with Crippen LogP contribution in [0.4, 0.5) is 0 Å². The zero-order valence-electron chi connectivity index (χ0n) is 24.1. The Kier molecular flexibility index (Phi) is 35.3. The van der Waals surface area contributed by atoms with Gasteiger partial charge in [-0.3, -0.25) is 18.1 Å². The van der Waals surface area contributed by atoms with E-state index in [1.807, 2.05) is 27.7 Å². The zero-order valence-corrected chi connectivity index (χ0v) is 31.4. The standard InChI is InChI=1S/C8H20O3Si.2C4H11O4P.C2H12OSi3/c1-5-9-12(8-4,10-6-2)11-7-3;2*1-3-7-9(5,6)8-4-2;1-2-6(3)5-4/h5-8H2,1-4H3;2*3-4H2,1-2H3,(H,5,6);3,6H,2,5H2,1,4H3. The minimum absolute atomic E-state index is 0.172. The smallest absolute Gasteiger partial charge is 0.439 e. The molecule has 12 nitrogen and oxygen atoms in total. The average molecular weight is 637 g/mol. The summed E-state index contributed by atoms with van der Waals surface area (Å²) in [7, 11) is -9.11. The first-order valence-electron chi connectivity index (χ1n) is 12.6. The zero-order chi connectivity index (χ0) is 29.1. The highest BCUT2D eigenvalue weighted by atomic mass is 31.2. The van der Waals surface area contributed by atoms with E-state index in [1.54, 1.807) is 27.7 Å². The normalized spacial score (nSPS) is 12.8. The molecule has 0 radical (unpaired) electrons. The summed E-state index contributed by atoms with van der Waals surface area (Å²) in [4.78, 5) is 26.2. The SMILES string of the molecule is CCOP(=O)(O)OCC.CCOP(=O)(O)OCC.CCO[Si](CC)(OCC)OCC.CC[SiH](O)[SiH2][SiH3]. The van der Waals surface area contributed by atoms with Crippen molar-refractivity contribution in [2.45, 2.75) is 74.4 Å². The third-order valence-corrected chi connectivity index (χ3v) is 24.0. The summed E-state index contributed by atoms with van der Waals surface area (Å²) in [6.07, 6.45) is 0. The minimum atomic E-state index is -3.69. The summed E-state index contributed by atoms with van der Waals surface area (Å²) in [5.41, 5.74) is 0. The quantitative estimate of drug-likeness (QED) is 0.158. The molecule has 0 aromatic carbocycles. The van der Waals surface area contributed by atoms with E-state index < -0.39 is 33.0 Å². The lowest BCUT2D eigenvalue weighted by Gasteiger charge is -2.26. The van der Waals surface area contributed by atoms with Crippen LogP contribution in [0.1, 0.15) is 62.3 Å². The van der Waals surface area contributed by atoms with Crippen LogP contribution in [0.15, 0.2) is 0 Å². The first kappa shape index (κ1) is 44.0. The molecule has 18 heteroatoms. The number of phosphoric acid groups is 2. The van der Waals surface area contributed by atoms with Gasteiger partial charge in [0, 0.05) is 34.4 Å². The minimum Gasteiger partial charge on any atom is -0.439 e. The largest absolute Gasteiger partial charge is 0.500 e. The van der Waals surface area contributed by atoms with Gasteiger partial charge in [-0.15, -0.1) is 0 Å².